The number of fused-ring (bicyclic) bond motifs is 5. The maximum absolute atomic E-state index is 11.8. The number of aliphatic hydroxyl groups excluding tert-OH is 2. The molecule has 10 atom stereocenters. The van der Waals surface area contributed by atoms with E-state index < -0.39 is 5.60 Å². The molecule has 0 saturated heterocycles. The third-order valence-corrected chi connectivity index (χ3v) is 13.2. The summed E-state index contributed by atoms with van der Waals surface area (Å²) in [7, 11) is 1.76. The first-order chi connectivity index (χ1) is 16.0. The summed E-state index contributed by atoms with van der Waals surface area (Å²) < 4.78 is 5.61. The van der Waals surface area contributed by atoms with Crippen molar-refractivity contribution in [2.45, 2.75) is 143 Å². The quantitative estimate of drug-likeness (QED) is 0.404. The molecule has 4 rings (SSSR count). The Kier molecular flexibility index (Phi) is 6.91. The van der Waals surface area contributed by atoms with Crippen LogP contribution in [0.15, 0.2) is 0 Å². The third-order valence-electron chi connectivity index (χ3n) is 13.2. The number of methoxy groups -OCH3 is 1. The van der Waals surface area contributed by atoms with Crippen LogP contribution in [-0.2, 0) is 4.74 Å². The highest BCUT2D eigenvalue weighted by Crippen LogP contribution is 2.75. The molecule has 3 N–H and O–H groups in total. The molecule has 0 aromatic rings. The van der Waals surface area contributed by atoms with Crippen LogP contribution in [0.2, 0.25) is 0 Å². The Balaban J connectivity index is 1.60. The van der Waals surface area contributed by atoms with Gasteiger partial charge in [0.05, 0.1) is 23.4 Å². The second kappa shape index (κ2) is 8.68. The van der Waals surface area contributed by atoms with Crippen molar-refractivity contribution in [1.29, 1.82) is 0 Å². The SMILES string of the molecule is COC(C)(C)CCCC(C)(O)[C@H]1CC[C@]2(C)[C@@H]1[C@H](O)C[C@@H]1[C@@]3(C)CC[C@H](O)C(C)(C)[C@@H]3CC[C@]12C. The van der Waals surface area contributed by atoms with Crippen LogP contribution in [0, 0.1) is 45.3 Å². The lowest BCUT2D eigenvalue weighted by Gasteiger charge is -2.70. The van der Waals surface area contributed by atoms with Gasteiger partial charge in [-0.25, -0.2) is 0 Å². The minimum absolute atomic E-state index is 0.0317. The number of ether oxygens (including phenoxy) is 1. The van der Waals surface area contributed by atoms with E-state index in [0.29, 0.717) is 11.8 Å². The number of rotatable bonds is 6. The average molecular weight is 493 g/mol. The molecule has 0 amide bonds. The van der Waals surface area contributed by atoms with Gasteiger partial charge in [0, 0.05) is 7.11 Å². The van der Waals surface area contributed by atoms with E-state index in [-0.39, 0.29) is 51.3 Å². The molecule has 4 aliphatic rings. The van der Waals surface area contributed by atoms with Gasteiger partial charge in [0.25, 0.3) is 0 Å². The van der Waals surface area contributed by atoms with E-state index in [1.54, 1.807) is 7.11 Å². The van der Waals surface area contributed by atoms with Crippen molar-refractivity contribution in [2.24, 2.45) is 45.3 Å². The maximum Gasteiger partial charge on any atom is 0.0651 e. The van der Waals surface area contributed by atoms with Gasteiger partial charge in [0.1, 0.15) is 0 Å². The number of aliphatic hydroxyl groups is 3. The molecular formula is C31H56O4. The first-order valence-corrected chi connectivity index (χ1v) is 14.6. The molecule has 0 aliphatic heterocycles. The van der Waals surface area contributed by atoms with E-state index in [2.05, 4.69) is 48.5 Å². The van der Waals surface area contributed by atoms with Crippen LogP contribution in [-0.4, -0.2) is 45.8 Å². The lowest BCUT2D eigenvalue weighted by Crippen LogP contribution is -2.66. The Bertz CT molecular complexity index is 789. The van der Waals surface area contributed by atoms with Gasteiger partial charge in [-0.15, -0.1) is 0 Å². The molecule has 4 fully saturated rings. The summed E-state index contributed by atoms with van der Waals surface area (Å²) in [5.74, 6) is 1.24. The second-order valence-electron chi connectivity index (χ2n) is 15.5. The highest BCUT2D eigenvalue weighted by Gasteiger charge is 2.71. The Labute approximate surface area is 215 Å². The summed E-state index contributed by atoms with van der Waals surface area (Å²) in [5.41, 5.74) is -0.672. The van der Waals surface area contributed by atoms with E-state index in [1.165, 1.54) is 12.8 Å². The Morgan fingerprint density at radius 2 is 1.46 bits per heavy atom. The molecule has 35 heavy (non-hydrogen) atoms. The van der Waals surface area contributed by atoms with Crippen molar-refractivity contribution in [3.8, 4) is 0 Å². The summed E-state index contributed by atoms with van der Waals surface area (Å²) in [4.78, 5) is 0. The molecule has 0 radical (unpaired) electrons. The molecule has 0 bridgehead atoms. The van der Waals surface area contributed by atoms with Crippen molar-refractivity contribution in [3.63, 3.8) is 0 Å². The van der Waals surface area contributed by atoms with Gasteiger partial charge in [-0.1, -0.05) is 34.6 Å². The fourth-order valence-electron chi connectivity index (χ4n) is 10.6. The van der Waals surface area contributed by atoms with Crippen LogP contribution in [0.3, 0.4) is 0 Å². The highest BCUT2D eigenvalue weighted by atomic mass is 16.5. The highest BCUT2D eigenvalue weighted by molar-refractivity contribution is 5.19. The predicted octanol–water partition coefficient (Wildman–Crippen LogP) is 6.35. The Morgan fingerprint density at radius 3 is 2.09 bits per heavy atom. The molecule has 4 aliphatic carbocycles. The van der Waals surface area contributed by atoms with Gasteiger partial charge >= 0.3 is 0 Å². The monoisotopic (exact) mass is 492 g/mol. The Morgan fingerprint density at radius 1 is 0.829 bits per heavy atom. The fraction of sp³-hybridized carbons (Fsp3) is 1.00. The molecule has 0 heterocycles. The third kappa shape index (κ3) is 4.07. The van der Waals surface area contributed by atoms with Crippen LogP contribution in [0.4, 0.5) is 0 Å². The summed E-state index contributed by atoms with van der Waals surface area (Å²) >= 11 is 0. The normalized spacial score (nSPS) is 49.0. The van der Waals surface area contributed by atoms with Gasteiger partial charge in [0.2, 0.25) is 0 Å². The number of hydrogen-bond donors (Lipinski definition) is 3. The van der Waals surface area contributed by atoms with E-state index >= 15 is 0 Å². The summed E-state index contributed by atoms with van der Waals surface area (Å²) in [6.07, 6.45) is 9.25. The molecule has 1 unspecified atom stereocenters. The van der Waals surface area contributed by atoms with E-state index in [4.69, 9.17) is 4.74 Å². The van der Waals surface area contributed by atoms with Crippen molar-refractivity contribution < 1.29 is 20.1 Å². The average Bonchev–Trinajstić information content (AvgIpc) is 3.14. The fourth-order valence-corrected chi connectivity index (χ4v) is 10.6. The smallest absolute Gasteiger partial charge is 0.0651 e. The van der Waals surface area contributed by atoms with Gasteiger partial charge in [-0.2, -0.15) is 0 Å². The molecule has 4 nitrogen and oxygen atoms in total. The lowest BCUT2D eigenvalue weighted by molar-refractivity contribution is -0.246. The lowest BCUT2D eigenvalue weighted by atomic mass is 9.35. The van der Waals surface area contributed by atoms with Gasteiger partial charge in [-0.05, 0) is 130 Å². The van der Waals surface area contributed by atoms with Crippen molar-refractivity contribution in [2.75, 3.05) is 7.11 Å². The predicted molar refractivity (Wildman–Crippen MR) is 142 cm³/mol. The van der Waals surface area contributed by atoms with Gasteiger partial charge in [0.15, 0.2) is 0 Å². The zero-order chi connectivity index (χ0) is 26.2. The Hall–Kier alpha value is -0.160. The first kappa shape index (κ1) is 27.9. The zero-order valence-electron chi connectivity index (χ0n) is 24.3. The molecule has 4 saturated carbocycles. The van der Waals surface area contributed by atoms with Crippen LogP contribution in [0.25, 0.3) is 0 Å². The largest absolute Gasteiger partial charge is 0.393 e. The molecule has 0 aromatic heterocycles. The van der Waals surface area contributed by atoms with Crippen LogP contribution in [0.1, 0.15) is 120 Å². The zero-order valence-corrected chi connectivity index (χ0v) is 24.3. The summed E-state index contributed by atoms with van der Waals surface area (Å²) in [6.45, 7) is 18.3. The van der Waals surface area contributed by atoms with E-state index in [0.717, 1.165) is 51.4 Å². The minimum Gasteiger partial charge on any atom is -0.393 e. The molecule has 0 aromatic carbocycles. The van der Waals surface area contributed by atoms with Crippen LogP contribution < -0.4 is 0 Å². The first-order valence-electron chi connectivity index (χ1n) is 14.6. The van der Waals surface area contributed by atoms with Crippen molar-refractivity contribution in [3.05, 3.63) is 0 Å². The molecule has 0 spiro atoms. The second-order valence-corrected chi connectivity index (χ2v) is 15.5. The standard InChI is InChI=1S/C31H56O4/c1-26(2,35-9)14-10-15-31(8,34)20-11-17-30(7)25(20)21(32)19-23-28(5)16-13-24(33)27(3,4)22(28)12-18-29(23,30)6/h20-25,32-34H,10-19H2,1-9H3/t20-,21+,22-,23+,24-,25-,28-,29+,30+,31?/m0/s1. The van der Waals surface area contributed by atoms with Crippen LogP contribution >= 0.6 is 0 Å². The number of hydrogen-bond acceptors (Lipinski definition) is 4. The molecule has 4 heteroatoms. The molecule has 204 valence electrons. The maximum atomic E-state index is 11.8. The molecular weight excluding hydrogens is 436 g/mol. The topological polar surface area (TPSA) is 69.9 Å². The summed E-state index contributed by atoms with van der Waals surface area (Å²) in [6, 6.07) is 0. The van der Waals surface area contributed by atoms with Gasteiger partial charge in [-0.3, -0.25) is 0 Å². The van der Waals surface area contributed by atoms with Crippen LogP contribution in [0.5, 0.6) is 0 Å². The van der Waals surface area contributed by atoms with E-state index in [9.17, 15) is 15.3 Å². The van der Waals surface area contributed by atoms with Crippen molar-refractivity contribution in [1.82, 2.24) is 0 Å². The van der Waals surface area contributed by atoms with Gasteiger partial charge < -0.3 is 20.1 Å². The van der Waals surface area contributed by atoms with Crippen molar-refractivity contribution >= 4 is 0 Å². The van der Waals surface area contributed by atoms with E-state index in [1.807, 2.05) is 6.92 Å². The minimum atomic E-state index is -0.769. The summed E-state index contributed by atoms with van der Waals surface area (Å²) in [5, 5.41) is 34.5.